The number of rotatable bonds is 7. The van der Waals surface area contributed by atoms with Crippen LogP contribution in [-0.4, -0.2) is 17.5 Å². The van der Waals surface area contributed by atoms with Crippen molar-refractivity contribution in [1.29, 1.82) is 0 Å². The van der Waals surface area contributed by atoms with Gasteiger partial charge in [0.1, 0.15) is 17.2 Å². The zero-order valence-electron chi connectivity index (χ0n) is 18.7. The smallest absolute Gasteiger partial charge is 0.296 e. The van der Waals surface area contributed by atoms with Gasteiger partial charge in [-0.1, -0.05) is 53.9 Å². The van der Waals surface area contributed by atoms with Gasteiger partial charge in [0.05, 0.1) is 23.6 Å². The number of halogens is 1. The monoisotopic (exact) mass is 518 g/mol. The van der Waals surface area contributed by atoms with E-state index in [4.69, 9.17) is 9.15 Å². The van der Waals surface area contributed by atoms with Crippen molar-refractivity contribution in [2.24, 2.45) is 0 Å². The molecule has 1 aliphatic heterocycles. The van der Waals surface area contributed by atoms with E-state index < -0.39 is 11.9 Å². The van der Waals surface area contributed by atoms with Gasteiger partial charge in [0, 0.05) is 10.7 Å². The lowest BCUT2D eigenvalue weighted by Crippen LogP contribution is -2.30. The van der Waals surface area contributed by atoms with Crippen LogP contribution in [0.2, 0.25) is 0 Å². The fraction of sp³-hybridized carbons (Fsp3) is 0.222. The van der Waals surface area contributed by atoms with Crippen LogP contribution in [0.5, 0.6) is 5.75 Å². The van der Waals surface area contributed by atoms with Gasteiger partial charge in [-0.25, -0.2) is 4.98 Å². The molecule has 0 saturated carbocycles. The molecule has 1 aliphatic rings. The first-order chi connectivity index (χ1) is 16.6. The van der Waals surface area contributed by atoms with Crippen LogP contribution >= 0.6 is 15.9 Å². The molecule has 0 fully saturated rings. The number of benzene rings is 2. The van der Waals surface area contributed by atoms with E-state index in [2.05, 4.69) is 27.8 Å². The molecule has 3 heterocycles. The minimum atomic E-state index is -0.684. The number of aromatic nitrogens is 1. The van der Waals surface area contributed by atoms with Crippen molar-refractivity contribution in [2.75, 3.05) is 11.5 Å². The van der Waals surface area contributed by atoms with Gasteiger partial charge in [-0.15, -0.1) is 0 Å². The molecule has 34 heavy (non-hydrogen) atoms. The fourth-order valence-corrected chi connectivity index (χ4v) is 4.67. The maximum Gasteiger partial charge on any atom is 0.296 e. The number of anilines is 1. The number of unbranched alkanes of at least 4 members (excludes halogenated alkanes) is 2. The highest BCUT2D eigenvalue weighted by Gasteiger charge is 2.44. The molecule has 0 saturated heterocycles. The van der Waals surface area contributed by atoms with Crippen LogP contribution in [0.4, 0.5) is 5.82 Å². The Hall–Kier alpha value is -3.45. The molecule has 2 aromatic carbocycles. The number of hydrogen-bond acceptors (Lipinski definition) is 5. The van der Waals surface area contributed by atoms with Crippen molar-refractivity contribution in [3.63, 3.8) is 0 Å². The Morgan fingerprint density at radius 1 is 1.06 bits per heavy atom. The fourth-order valence-electron chi connectivity index (χ4n) is 4.31. The van der Waals surface area contributed by atoms with Gasteiger partial charge in [-0.05, 0) is 54.4 Å². The molecule has 0 N–H and O–H groups in total. The summed E-state index contributed by atoms with van der Waals surface area (Å²) in [6.45, 7) is 2.76. The lowest BCUT2D eigenvalue weighted by Gasteiger charge is -2.24. The topological polar surface area (TPSA) is 72.6 Å². The Bertz CT molecular complexity index is 1420. The van der Waals surface area contributed by atoms with Crippen molar-refractivity contribution >= 4 is 38.6 Å². The van der Waals surface area contributed by atoms with E-state index in [-0.39, 0.29) is 11.2 Å². The third-order valence-electron chi connectivity index (χ3n) is 5.92. The van der Waals surface area contributed by atoms with Crippen LogP contribution < -0.4 is 15.1 Å². The maximum atomic E-state index is 13.7. The Kier molecular flexibility index (Phi) is 6.20. The Balaban J connectivity index is 1.67. The van der Waals surface area contributed by atoms with Gasteiger partial charge in [-0.2, -0.15) is 0 Å². The predicted molar refractivity (Wildman–Crippen MR) is 135 cm³/mol. The van der Waals surface area contributed by atoms with E-state index in [9.17, 15) is 9.59 Å². The number of fused-ring (bicyclic) bond motifs is 2. The van der Waals surface area contributed by atoms with E-state index in [1.54, 1.807) is 36.5 Å². The minimum Gasteiger partial charge on any atom is -0.494 e. The summed E-state index contributed by atoms with van der Waals surface area (Å²) in [5, 5.41) is 0.417. The SMILES string of the molecule is CCCCCOc1cccc(C2c3c(oc4ccc(Br)cc4c3=O)C(=O)N2c2ccccn2)c1. The number of pyridine rings is 1. The molecule has 6 nitrogen and oxygen atoms in total. The third-order valence-corrected chi connectivity index (χ3v) is 6.41. The van der Waals surface area contributed by atoms with Gasteiger partial charge in [0.15, 0.2) is 5.43 Å². The van der Waals surface area contributed by atoms with Crippen LogP contribution in [-0.2, 0) is 0 Å². The zero-order valence-corrected chi connectivity index (χ0v) is 20.2. The molecule has 1 amide bonds. The third kappa shape index (κ3) is 4.01. The molecule has 4 aromatic rings. The molecule has 1 unspecified atom stereocenters. The lowest BCUT2D eigenvalue weighted by atomic mass is 9.98. The van der Waals surface area contributed by atoms with Crippen LogP contribution in [0.1, 0.15) is 53.9 Å². The minimum absolute atomic E-state index is 0.0461. The highest BCUT2D eigenvalue weighted by Crippen LogP contribution is 2.41. The molecule has 5 rings (SSSR count). The van der Waals surface area contributed by atoms with Gasteiger partial charge in [0.2, 0.25) is 5.76 Å². The normalized spacial score (nSPS) is 15.1. The number of amides is 1. The summed E-state index contributed by atoms with van der Waals surface area (Å²) >= 11 is 3.43. The Morgan fingerprint density at radius 3 is 2.74 bits per heavy atom. The summed E-state index contributed by atoms with van der Waals surface area (Å²) in [4.78, 5) is 33.2. The predicted octanol–water partition coefficient (Wildman–Crippen LogP) is 6.27. The van der Waals surface area contributed by atoms with Gasteiger partial charge < -0.3 is 9.15 Å². The molecule has 0 bridgehead atoms. The van der Waals surface area contributed by atoms with Crippen molar-refractivity contribution in [2.45, 2.75) is 32.2 Å². The molecular weight excluding hydrogens is 496 g/mol. The van der Waals surface area contributed by atoms with Crippen molar-refractivity contribution in [3.05, 3.63) is 98.4 Å². The van der Waals surface area contributed by atoms with Gasteiger partial charge in [0.25, 0.3) is 5.91 Å². The first-order valence-electron chi connectivity index (χ1n) is 11.3. The van der Waals surface area contributed by atoms with Crippen LogP contribution in [0.3, 0.4) is 0 Å². The Morgan fingerprint density at radius 2 is 1.94 bits per heavy atom. The number of carbonyl (C=O) groups excluding carboxylic acids is 1. The van der Waals surface area contributed by atoms with E-state index in [0.29, 0.717) is 34.7 Å². The second kappa shape index (κ2) is 9.43. The van der Waals surface area contributed by atoms with Gasteiger partial charge >= 0.3 is 0 Å². The Labute approximate surface area is 205 Å². The maximum absolute atomic E-state index is 13.7. The van der Waals surface area contributed by atoms with E-state index >= 15 is 0 Å². The lowest BCUT2D eigenvalue weighted by molar-refractivity contribution is 0.0970. The van der Waals surface area contributed by atoms with Crippen molar-refractivity contribution in [3.8, 4) is 5.75 Å². The average Bonchev–Trinajstić information content (AvgIpc) is 3.15. The summed E-state index contributed by atoms with van der Waals surface area (Å²) in [5.41, 5.74) is 1.20. The molecule has 0 radical (unpaired) electrons. The molecule has 2 aromatic heterocycles. The molecular formula is C27H23BrN2O4. The number of carbonyl (C=O) groups is 1. The number of nitrogens with zero attached hydrogens (tertiary/aromatic N) is 2. The molecule has 172 valence electrons. The standard InChI is InChI=1S/C27H23BrN2O4/c1-2-3-6-14-33-19-9-7-8-17(15-19)24-23-25(31)20-16-18(28)11-12-21(20)34-26(23)27(32)30(24)22-10-4-5-13-29-22/h4-5,7-13,15-16,24H,2-3,6,14H2,1H3. The summed E-state index contributed by atoms with van der Waals surface area (Å²) in [6.07, 6.45) is 4.80. The van der Waals surface area contributed by atoms with E-state index in [1.165, 1.54) is 4.90 Å². The van der Waals surface area contributed by atoms with E-state index in [1.807, 2.05) is 30.3 Å². The second-order valence-electron chi connectivity index (χ2n) is 8.21. The summed E-state index contributed by atoms with van der Waals surface area (Å²) in [6, 6.07) is 17.4. The largest absolute Gasteiger partial charge is 0.494 e. The van der Waals surface area contributed by atoms with E-state index in [0.717, 1.165) is 29.3 Å². The first-order valence-corrected chi connectivity index (χ1v) is 12.1. The van der Waals surface area contributed by atoms with Crippen molar-refractivity contribution in [1.82, 2.24) is 4.98 Å². The van der Waals surface area contributed by atoms with Crippen molar-refractivity contribution < 1.29 is 13.9 Å². The highest BCUT2D eigenvalue weighted by atomic mass is 79.9. The number of hydrogen-bond donors (Lipinski definition) is 0. The average molecular weight is 519 g/mol. The molecule has 7 heteroatoms. The number of ether oxygens (including phenoxy) is 1. The molecule has 0 spiro atoms. The summed E-state index contributed by atoms with van der Waals surface area (Å²) in [7, 11) is 0. The highest BCUT2D eigenvalue weighted by molar-refractivity contribution is 9.10. The van der Waals surface area contributed by atoms with Crippen LogP contribution in [0.25, 0.3) is 11.0 Å². The quantitative estimate of drug-likeness (QED) is 0.269. The zero-order chi connectivity index (χ0) is 23.7. The molecule has 0 aliphatic carbocycles. The second-order valence-corrected chi connectivity index (χ2v) is 9.12. The molecule has 1 atom stereocenters. The first kappa shape index (κ1) is 22.3. The van der Waals surface area contributed by atoms with Gasteiger partial charge in [-0.3, -0.25) is 14.5 Å². The van der Waals surface area contributed by atoms with Crippen LogP contribution in [0.15, 0.2) is 80.5 Å². The van der Waals surface area contributed by atoms with Crippen LogP contribution in [0, 0.1) is 0 Å². The summed E-state index contributed by atoms with van der Waals surface area (Å²) in [5.74, 6) is 0.797. The summed E-state index contributed by atoms with van der Waals surface area (Å²) < 4.78 is 12.7.